The summed E-state index contributed by atoms with van der Waals surface area (Å²) < 4.78 is 13.1. The minimum absolute atomic E-state index is 0.0946. The fourth-order valence-corrected chi connectivity index (χ4v) is 1.31. The lowest BCUT2D eigenvalue weighted by Gasteiger charge is -2.10. The highest BCUT2D eigenvalue weighted by atomic mass is 19.1. The number of benzene rings is 1. The van der Waals surface area contributed by atoms with E-state index in [0.717, 1.165) is 6.07 Å². The van der Waals surface area contributed by atoms with Crippen molar-refractivity contribution in [3.8, 4) is 0 Å². The van der Waals surface area contributed by atoms with E-state index in [0.29, 0.717) is 5.56 Å². The van der Waals surface area contributed by atoms with Crippen molar-refractivity contribution in [2.24, 2.45) is 0 Å². The Morgan fingerprint density at radius 3 is 2.67 bits per heavy atom. The molecule has 0 bridgehead atoms. The van der Waals surface area contributed by atoms with Gasteiger partial charge in [0, 0.05) is 26.7 Å². The van der Waals surface area contributed by atoms with Gasteiger partial charge in [0.15, 0.2) is 0 Å². The van der Waals surface area contributed by atoms with E-state index in [2.05, 4.69) is 5.32 Å². The van der Waals surface area contributed by atoms with Gasteiger partial charge in [0.05, 0.1) is 17.5 Å². The van der Waals surface area contributed by atoms with Gasteiger partial charge in [-0.25, -0.2) is 4.39 Å². The first-order chi connectivity index (χ1) is 8.40. The summed E-state index contributed by atoms with van der Waals surface area (Å²) in [5.74, 6) is -0.791. The monoisotopic (exact) mass is 255 g/mol. The Hall–Kier alpha value is -2.02. The molecule has 98 valence electrons. The van der Waals surface area contributed by atoms with Crippen LogP contribution in [0, 0.1) is 15.9 Å². The normalized spacial score (nSPS) is 10.2. The van der Waals surface area contributed by atoms with Crippen molar-refractivity contribution in [1.29, 1.82) is 0 Å². The molecule has 0 atom stereocenters. The van der Waals surface area contributed by atoms with Gasteiger partial charge in [-0.1, -0.05) is 0 Å². The van der Waals surface area contributed by atoms with Crippen LogP contribution in [0.2, 0.25) is 0 Å². The Bertz CT molecular complexity index is 463. The van der Waals surface area contributed by atoms with Crippen molar-refractivity contribution in [2.45, 2.75) is 6.54 Å². The smallest absolute Gasteiger partial charge is 0.272 e. The second kappa shape index (κ2) is 6.06. The third kappa shape index (κ3) is 4.10. The third-order valence-corrected chi connectivity index (χ3v) is 2.26. The van der Waals surface area contributed by atoms with Gasteiger partial charge in [0.25, 0.3) is 5.69 Å². The largest absolute Gasteiger partial charge is 0.348 e. The van der Waals surface area contributed by atoms with E-state index in [1.807, 2.05) is 0 Å². The first kappa shape index (κ1) is 14.0. The van der Waals surface area contributed by atoms with Crippen LogP contribution in [0.4, 0.5) is 10.1 Å². The van der Waals surface area contributed by atoms with Crippen LogP contribution in [-0.4, -0.2) is 36.4 Å². The SMILES string of the molecule is CN(C)C(=O)CNCc1cc(F)cc([N+](=O)[O-])c1. The van der Waals surface area contributed by atoms with Gasteiger partial charge in [-0.3, -0.25) is 14.9 Å². The zero-order chi connectivity index (χ0) is 13.7. The maximum Gasteiger partial charge on any atom is 0.272 e. The molecule has 0 aliphatic heterocycles. The molecule has 6 nitrogen and oxygen atoms in total. The molecule has 0 aromatic heterocycles. The number of halogens is 1. The second-order valence-electron chi connectivity index (χ2n) is 3.97. The van der Waals surface area contributed by atoms with E-state index in [1.165, 1.54) is 17.0 Å². The molecule has 1 N–H and O–H groups in total. The molecular formula is C11H14FN3O3. The summed E-state index contributed by atoms with van der Waals surface area (Å²) in [5.41, 5.74) is 0.124. The third-order valence-electron chi connectivity index (χ3n) is 2.26. The molecular weight excluding hydrogens is 241 g/mol. The number of hydrogen-bond acceptors (Lipinski definition) is 4. The fraction of sp³-hybridized carbons (Fsp3) is 0.364. The first-order valence-corrected chi connectivity index (χ1v) is 5.25. The number of nitro groups is 1. The van der Waals surface area contributed by atoms with Gasteiger partial charge in [0.1, 0.15) is 5.82 Å². The molecule has 1 aromatic carbocycles. The highest BCUT2D eigenvalue weighted by Gasteiger charge is 2.10. The number of hydrogen-bond donors (Lipinski definition) is 1. The number of nitrogens with one attached hydrogen (secondary N) is 1. The summed E-state index contributed by atoms with van der Waals surface area (Å²) in [6.07, 6.45) is 0. The number of non-ortho nitro benzene ring substituents is 1. The summed E-state index contributed by atoms with van der Waals surface area (Å²) in [6.45, 7) is 0.287. The molecule has 0 saturated heterocycles. The molecule has 1 rings (SSSR count). The predicted molar refractivity (Wildman–Crippen MR) is 63.5 cm³/mol. The number of likely N-dealkylation sites (N-methyl/N-ethyl adjacent to an activating group) is 1. The topological polar surface area (TPSA) is 75.5 Å². The molecule has 0 unspecified atom stereocenters. The number of amides is 1. The Morgan fingerprint density at radius 1 is 1.44 bits per heavy atom. The van der Waals surface area contributed by atoms with Crippen molar-refractivity contribution in [3.63, 3.8) is 0 Å². The van der Waals surface area contributed by atoms with Gasteiger partial charge in [-0.15, -0.1) is 0 Å². The van der Waals surface area contributed by atoms with E-state index in [-0.39, 0.29) is 24.7 Å². The van der Waals surface area contributed by atoms with Crippen molar-refractivity contribution < 1.29 is 14.1 Å². The maximum absolute atomic E-state index is 13.1. The molecule has 0 aliphatic rings. The van der Waals surface area contributed by atoms with Crippen LogP contribution < -0.4 is 5.32 Å². The van der Waals surface area contributed by atoms with E-state index in [1.54, 1.807) is 14.1 Å². The van der Waals surface area contributed by atoms with Crippen LogP contribution in [0.15, 0.2) is 18.2 Å². The molecule has 0 aliphatic carbocycles. The summed E-state index contributed by atoms with van der Waals surface area (Å²) in [4.78, 5) is 22.6. The fourth-order valence-electron chi connectivity index (χ4n) is 1.31. The molecule has 0 fully saturated rings. The zero-order valence-corrected chi connectivity index (χ0v) is 10.1. The van der Waals surface area contributed by atoms with E-state index >= 15 is 0 Å². The van der Waals surface area contributed by atoms with E-state index < -0.39 is 10.7 Å². The van der Waals surface area contributed by atoms with Gasteiger partial charge in [-0.2, -0.15) is 0 Å². The van der Waals surface area contributed by atoms with Crippen LogP contribution >= 0.6 is 0 Å². The van der Waals surface area contributed by atoms with Gasteiger partial charge in [0.2, 0.25) is 5.91 Å². The quantitative estimate of drug-likeness (QED) is 0.627. The first-order valence-electron chi connectivity index (χ1n) is 5.25. The van der Waals surface area contributed by atoms with Crippen molar-refractivity contribution in [3.05, 3.63) is 39.7 Å². The Labute approximate surface area is 104 Å². The average molecular weight is 255 g/mol. The standard InChI is InChI=1S/C11H14FN3O3/c1-14(2)11(16)7-13-6-8-3-9(12)5-10(4-8)15(17)18/h3-5,13H,6-7H2,1-2H3. The molecule has 0 saturated carbocycles. The average Bonchev–Trinajstić information content (AvgIpc) is 2.27. The summed E-state index contributed by atoms with van der Waals surface area (Å²) in [5, 5.41) is 13.3. The number of carbonyl (C=O) groups is 1. The van der Waals surface area contributed by atoms with Crippen LogP contribution in [-0.2, 0) is 11.3 Å². The number of nitrogens with zero attached hydrogens (tertiary/aromatic N) is 2. The zero-order valence-electron chi connectivity index (χ0n) is 10.1. The minimum atomic E-state index is -0.667. The Balaban J connectivity index is 2.62. The summed E-state index contributed by atoms with van der Waals surface area (Å²) in [7, 11) is 3.24. The van der Waals surface area contributed by atoms with Crippen LogP contribution in [0.5, 0.6) is 0 Å². The highest BCUT2D eigenvalue weighted by molar-refractivity contribution is 5.77. The predicted octanol–water partition coefficient (Wildman–Crippen LogP) is 0.912. The maximum atomic E-state index is 13.1. The number of nitro benzene ring substituents is 1. The Kier molecular flexibility index (Phi) is 4.73. The van der Waals surface area contributed by atoms with Gasteiger partial charge in [-0.05, 0) is 11.6 Å². The molecule has 0 heterocycles. The molecule has 1 aromatic rings. The molecule has 0 radical (unpaired) electrons. The van der Waals surface area contributed by atoms with Crippen molar-refractivity contribution >= 4 is 11.6 Å². The molecule has 1 amide bonds. The minimum Gasteiger partial charge on any atom is -0.348 e. The van der Waals surface area contributed by atoms with Gasteiger partial charge >= 0.3 is 0 Å². The Morgan fingerprint density at radius 2 is 2.11 bits per heavy atom. The molecule has 18 heavy (non-hydrogen) atoms. The van der Waals surface area contributed by atoms with Gasteiger partial charge < -0.3 is 10.2 Å². The lowest BCUT2D eigenvalue weighted by atomic mass is 10.2. The van der Waals surface area contributed by atoms with Crippen LogP contribution in [0.3, 0.4) is 0 Å². The second-order valence-corrected chi connectivity index (χ2v) is 3.97. The summed E-state index contributed by atoms with van der Waals surface area (Å²) in [6, 6.07) is 3.32. The summed E-state index contributed by atoms with van der Waals surface area (Å²) >= 11 is 0. The van der Waals surface area contributed by atoms with Crippen molar-refractivity contribution in [1.82, 2.24) is 10.2 Å². The van der Waals surface area contributed by atoms with Crippen LogP contribution in [0.25, 0.3) is 0 Å². The van der Waals surface area contributed by atoms with E-state index in [4.69, 9.17) is 0 Å². The lowest BCUT2D eigenvalue weighted by molar-refractivity contribution is -0.385. The van der Waals surface area contributed by atoms with Crippen LogP contribution in [0.1, 0.15) is 5.56 Å². The molecule has 7 heteroatoms. The lowest BCUT2D eigenvalue weighted by Crippen LogP contribution is -2.32. The van der Waals surface area contributed by atoms with Crippen molar-refractivity contribution in [2.75, 3.05) is 20.6 Å². The van der Waals surface area contributed by atoms with E-state index in [9.17, 15) is 19.3 Å². The highest BCUT2D eigenvalue weighted by Crippen LogP contribution is 2.15. The number of carbonyl (C=O) groups excluding carboxylic acids is 1. The number of rotatable bonds is 5. The molecule has 0 spiro atoms.